The Hall–Kier alpha value is -5.50. The minimum atomic E-state index is -1.11. The molecular weight excluding hydrogens is 792 g/mol. The molecule has 308 valence electrons. The van der Waals surface area contributed by atoms with E-state index in [1.165, 1.54) is 17.4 Å². The molecule has 5 aromatic rings. The molecule has 0 spiro atoms. The molecule has 0 atom stereocenters. The lowest BCUT2D eigenvalue weighted by Crippen LogP contribution is -2.48. The zero-order valence-electron chi connectivity index (χ0n) is 33.3. The highest BCUT2D eigenvalue weighted by atomic mass is 32.1. The Kier molecular flexibility index (Phi) is 13.8. The van der Waals surface area contributed by atoms with Crippen LogP contribution in [0.2, 0.25) is 0 Å². The second kappa shape index (κ2) is 19.5. The fraction of sp³-hybridized carbons (Fsp3) is 0.419. The van der Waals surface area contributed by atoms with E-state index in [4.69, 9.17) is 4.74 Å². The maximum Gasteiger partial charge on any atom is 0.355 e. The average Bonchev–Trinajstić information content (AvgIpc) is 3.85. The van der Waals surface area contributed by atoms with Crippen LogP contribution in [-0.2, 0) is 22.4 Å². The summed E-state index contributed by atoms with van der Waals surface area (Å²) in [4.78, 5) is 51.7. The van der Waals surface area contributed by atoms with Crippen molar-refractivity contribution in [2.75, 3.05) is 56.1 Å². The molecule has 7 rings (SSSR count). The van der Waals surface area contributed by atoms with E-state index >= 15 is 4.39 Å². The summed E-state index contributed by atoms with van der Waals surface area (Å²) >= 11 is 2.87. The Balaban J connectivity index is 0.885. The predicted octanol–water partition coefficient (Wildman–Crippen LogP) is 7.56. The summed E-state index contributed by atoms with van der Waals surface area (Å²) in [6.07, 6.45) is 6.12. The van der Waals surface area contributed by atoms with Gasteiger partial charge in [0.05, 0.1) is 23.4 Å². The van der Waals surface area contributed by atoms with Gasteiger partial charge in [-0.3, -0.25) is 9.69 Å². The monoisotopic (exact) mass is 838 g/mol. The number of benzene rings is 2. The number of carboxylic acids is 1. The van der Waals surface area contributed by atoms with Crippen LogP contribution in [0.25, 0.3) is 10.2 Å². The average molecular weight is 839 g/mol. The third-order valence-corrected chi connectivity index (χ3v) is 12.5. The number of nitrogens with one attached hydrogen (secondary N) is 1. The molecule has 2 aliphatic rings. The number of anilines is 4. The molecule has 0 saturated carbocycles. The van der Waals surface area contributed by atoms with Crippen LogP contribution in [-0.4, -0.2) is 98.6 Å². The summed E-state index contributed by atoms with van der Waals surface area (Å²) in [7, 11) is 0. The van der Waals surface area contributed by atoms with Crippen molar-refractivity contribution in [1.82, 2.24) is 30.0 Å². The normalized spacial score (nSPS) is 14.2. The van der Waals surface area contributed by atoms with Crippen molar-refractivity contribution in [3.05, 3.63) is 75.5 Å². The van der Waals surface area contributed by atoms with E-state index in [0.29, 0.717) is 79.1 Å². The molecule has 0 unspecified atom stereocenters. The molecule has 1 fully saturated rings. The standard InChI is InChI=1S/C43H47FN8O5S2/c1-28(53)11-4-3-5-17-37(54)51-24-22-50(23-25-51)20-8-12-30-18-19-34(32(44)27-30)57-26-10-16-36-38(41(55)56)46-43(59-36)52-21-9-13-31-29(2)39(48-49-40(31)52)47-42-45-33-14-6-7-15-35(33)58-42/h6-7,14-15,18-19,27H,3-5,9-11,13,16-17,20-26H2,1-2H3,(H,55,56)(H,45,47,48). The highest BCUT2D eigenvalue weighted by molar-refractivity contribution is 7.22. The summed E-state index contributed by atoms with van der Waals surface area (Å²) < 4.78 is 21.9. The van der Waals surface area contributed by atoms with E-state index in [1.807, 2.05) is 41.0 Å². The number of aromatic nitrogens is 4. The van der Waals surface area contributed by atoms with Gasteiger partial charge in [-0.2, -0.15) is 0 Å². The van der Waals surface area contributed by atoms with Crippen LogP contribution in [0, 0.1) is 24.6 Å². The summed E-state index contributed by atoms with van der Waals surface area (Å²) in [5.74, 6) is 6.29. The van der Waals surface area contributed by atoms with Crippen LogP contribution < -0.4 is 15.0 Å². The van der Waals surface area contributed by atoms with Gasteiger partial charge in [0.25, 0.3) is 0 Å². The summed E-state index contributed by atoms with van der Waals surface area (Å²) in [6, 6.07) is 12.6. The largest absolute Gasteiger partial charge is 0.491 e. The Labute approximate surface area is 350 Å². The van der Waals surface area contributed by atoms with Crippen molar-refractivity contribution >= 4 is 72.4 Å². The third-order valence-electron chi connectivity index (χ3n) is 10.4. The van der Waals surface area contributed by atoms with E-state index in [9.17, 15) is 19.5 Å². The van der Waals surface area contributed by atoms with Crippen molar-refractivity contribution in [1.29, 1.82) is 0 Å². The first-order chi connectivity index (χ1) is 28.6. The van der Waals surface area contributed by atoms with Crippen molar-refractivity contribution < 1.29 is 28.6 Å². The number of aryl methyl sites for hydroxylation is 1. The van der Waals surface area contributed by atoms with Crippen molar-refractivity contribution in [3.63, 3.8) is 0 Å². The van der Waals surface area contributed by atoms with Crippen LogP contribution >= 0.6 is 22.7 Å². The van der Waals surface area contributed by atoms with E-state index in [1.54, 1.807) is 30.4 Å². The quantitative estimate of drug-likeness (QED) is 0.0745. The van der Waals surface area contributed by atoms with Gasteiger partial charge in [-0.15, -0.1) is 21.5 Å². The molecule has 2 N–H and O–H groups in total. The maximum atomic E-state index is 15.0. The van der Waals surface area contributed by atoms with Crippen LogP contribution in [0.1, 0.15) is 83.9 Å². The lowest BCUT2D eigenvalue weighted by atomic mass is 10.0. The van der Waals surface area contributed by atoms with E-state index in [0.717, 1.165) is 71.7 Å². The van der Waals surface area contributed by atoms with E-state index in [-0.39, 0.29) is 29.7 Å². The van der Waals surface area contributed by atoms with Gasteiger partial charge in [-0.1, -0.05) is 41.7 Å². The van der Waals surface area contributed by atoms with Gasteiger partial charge in [0.2, 0.25) is 5.91 Å². The number of rotatable bonds is 16. The van der Waals surface area contributed by atoms with Crippen molar-refractivity contribution in [2.24, 2.45) is 0 Å². The number of hydrogen-bond acceptors (Lipinski definition) is 13. The second-order valence-corrected chi connectivity index (χ2v) is 16.8. The molecule has 13 nitrogen and oxygen atoms in total. The number of amides is 1. The fourth-order valence-corrected chi connectivity index (χ4v) is 9.19. The summed E-state index contributed by atoms with van der Waals surface area (Å²) in [5, 5.41) is 23.7. The SMILES string of the molecule is CC(=O)CCCCCC(=O)N1CCN(CC#Cc2ccc(OCCCc3sc(N4CCCc5c4nnc(Nc4nc6ccccc6s4)c5C)nc3C(=O)O)c(F)c2)CC1. The topological polar surface area (TPSA) is 154 Å². The lowest BCUT2D eigenvalue weighted by molar-refractivity contribution is -0.133. The van der Waals surface area contributed by atoms with Gasteiger partial charge < -0.3 is 29.8 Å². The number of ether oxygens (including phenoxy) is 1. The predicted molar refractivity (Wildman–Crippen MR) is 228 cm³/mol. The first-order valence-electron chi connectivity index (χ1n) is 20.0. The van der Waals surface area contributed by atoms with Crippen LogP contribution in [0.15, 0.2) is 42.5 Å². The summed E-state index contributed by atoms with van der Waals surface area (Å²) in [6.45, 7) is 7.71. The first-order valence-corrected chi connectivity index (χ1v) is 21.7. The number of carboxylic acid groups (broad SMARTS) is 1. The zero-order chi connectivity index (χ0) is 41.3. The molecule has 0 aliphatic carbocycles. The van der Waals surface area contributed by atoms with Crippen molar-refractivity contribution in [3.8, 4) is 17.6 Å². The van der Waals surface area contributed by atoms with Gasteiger partial charge in [-0.25, -0.2) is 19.2 Å². The number of carbonyl (C=O) groups excluding carboxylic acids is 2. The van der Waals surface area contributed by atoms with Crippen LogP contribution in [0.4, 0.5) is 26.3 Å². The molecule has 1 amide bonds. The van der Waals surface area contributed by atoms with E-state index < -0.39 is 11.8 Å². The highest BCUT2D eigenvalue weighted by Gasteiger charge is 2.28. The van der Waals surface area contributed by atoms with Crippen molar-refractivity contribution in [2.45, 2.75) is 71.6 Å². The number of ketones is 1. The molecule has 1 saturated heterocycles. The molecule has 2 aromatic carbocycles. The Bertz CT molecular complexity index is 2350. The number of thiazole rings is 2. The van der Waals surface area contributed by atoms with Crippen LogP contribution in [0.3, 0.4) is 0 Å². The number of nitrogens with zero attached hydrogens (tertiary/aromatic N) is 7. The number of para-hydroxylation sites is 1. The number of piperazine rings is 1. The van der Waals surface area contributed by atoms with Gasteiger partial charge >= 0.3 is 5.97 Å². The number of aromatic carboxylic acids is 1. The second-order valence-electron chi connectivity index (χ2n) is 14.7. The molecule has 0 bridgehead atoms. The minimum absolute atomic E-state index is 0.00552. The maximum absolute atomic E-state index is 15.0. The highest BCUT2D eigenvalue weighted by Crippen LogP contribution is 2.39. The van der Waals surface area contributed by atoms with Crippen LogP contribution in [0.5, 0.6) is 5.75 Å². The molecule has 2 aliphatic heterocycles. The Morgan fingerprint density at radius 3 is 2.56 bits per heavy atom. The molecule has 59 heavy (non-hydrogen) atoms. The number of fused-ring (bicyclic) bond motifs is 2. The lowest BCUT2D eigenvalue weighted by Gasteiger charge is -2.33. The Morgan fingerprint density at radius 2 is 1.78 bits per heavy atom. The molecule has 5 heterocycles. The number of unbranched alkanes of at least 4 members (excludes halogenated alkanes) is 2. The summed E-state index contributed by atoms with van der Waals surface area (Å²) in [5.41, 5.74) is 3.44. The number of halogens is 1. The molecule has 16 heteroatoms. The van der Waals surface area contributed by atoms with Gasteiger partial charge in [0.1, 0.15) is 5.78 Å². The van der Waals surface area contributed by atoms with Gasteiger partial charge in [0.15, 0.2) is 39.2 Å². The third kappa shape index (κ3) is 10.6. The van der Waals surface area contributed by atoms with E-state index in [2.05, 4.69) is 42.2 Å². The zero-order valence-corrected chi connectivity index (χ0v) is 34.9. The Morgan fingerprint density at radius 1 is 0.966 bits per heavy atom. The minimum Gasteiger partial charge on any atom is -0.491 e. The smallest absolute Gasteiger partial charge is 0.355 e. The molecular formula is C43H47FN8O5S2. The number of hydrogen-bond donors (Lipinski definition) is 2. The molecule has 3 aromatic heterocycles. The van der Waals surface area contributed by atoms with Gasteiger partial charge in [0, 0.05) is 67.1 Å². The fourth-order valence-electron chi connectivity index (χ4n) is 7.21. The first kappa shape index (κ1) is 41.7. The number of carbonyl (C=O) groups is 3. The number of Topliss-reactive ketones (excluding diaryl/α,β-unsaturated/α-hetero) is 1. The molecule has 0 radical (unpaired) electrons. The van der Waals surface area contributed by atoms with Gasteiger partial charge in [-0.05, 0) is 82.7 Å².